The van der Waals surface area contributed by atoms with Crippen molar-refractivity contribution in [1.29, 1.82) is 0 Å². The minimum absolute atomic E-state index is 0.169. The monoisotopic (exact) mass is 492 g/mol. The number of thiophene rings is 1. The van der Waals surface area contributed by atoms with Crippen LogP contribution in [-0.4, -0.2) is 39.8 Å². The van der Waals surface area contributed by atoms with Crippen LogP contribution < -0.4 is 10.6 Å². The summed E-state index contributed by atoms with van der Waals surface area (Å²) in [5.74, 6) is -0.909. The summed E-state index contributed by atoms with van der Waals surface area (Å²) in [4.78, 5) is 38.5. The topological polar surface area (TPSA) is 123 Å². The van der Waals surface area contributed by atoms with Crippen LogP contribution in [-0.2, 0) is 22.4 Å². The Hall–Kier alpha value is -2.70. The number of rotatable bonds is 8. The molecule has 3 aromatic rings. The first kappa shape index (κ1) is 22.5. The van der Waals surface area contributed by atoms with E-state index in [9.17, 15) is 14.4 Å². The van der Waals surface area contributed by atoms with E-state index < -0.39 is 17.1 Å². The van der Waals surface area contributed by atoms with Gasteiger partial charge in [-0.05, 0) is 50.8 Å². The fraction of sp³-hybridized carbons (Fsp3) is 0.350. The summed E-state index contributed by atoms with van der Waals surface area (Å²) in [5, 5.41) is 13.8. The molecule has 1 atom stereocenters. The molecule has 0 bridgehead atoms. The average Bonchev–Trinajstić information content (AvgIpc) is 3.53. The lowest BCUT2D eigenvalue weighted by atomic mass is 10.1. The fourth-order valence-electron chi connectivity index (χ4n) is 3.20. The van der Waals surface area contributed by atoms with E-state index in [0.29, 0.717) is 20.0 Å². The number of fused-ring (bicyclic) bond motifs is 1. The predicted molar refractivity (Wildman–Crippen MR) is 123 cm³/mol. The van der Waals surface area contributed by atoms with E-state index >= 15 is 0 Å². The highest BCUT2D eigenvalue weighted by molar-refractivity contribution is 8.02. The Kier molecular flexibility index (Phi) is 6.92. The number of thioether (sulfide) groups is 1. The lowest BCUT2D eigenvalue weighted by molar-refractivity contribution is -0.115. The molecule has 2 N–H and O–H groups in total. The third-order valence-electron chi connectivity index (χ3n) is 4.66. The molecule has 0 aliphatic heterocycles. The molecule has 4 rings (SSSR count). The van der Waals surface area contributed by atoms with Gasteiger partial charge in [-0.2, -0.15) is 0 Å². The predicted octanol–water partition coefficient (Wildman–Crippen LogP) is 4.23. The number of hydrogen-bond donors (Lipinski definition) is 2. The molecule has 32 heavy (non-hydrogen) atoms. The maximum Gasteiger partial charge on any atom is 0.341 e. The largest absolute Gasteiger partial charge is 0.462 e. The summed E-state index contributed by atoms with van der Waals surface area (Å²) >= 11 is 3.82. The summed E-state index contributed by atoms with van der Waals surface area (Å²) in [7, 11) is 0. The summed E-state index contributed by atoms with van der Waals surface area (Å²) in [6.45, 7) is 3.78. The van der Waals surface area contributed by atoms with Crippen molar-refractivity contribution in [3.05, 3.63) is 40.2 Å². The molecular weight excluding hydrogens is 472 g/mol. The minimum Gasteiger partial charge on any atom is -0.462 e. The Labute approximate surface area is 195 Å². The van der Waals surface area contributed by atoms with Crippen LogP contribution in [0.5, 0.6) is 0 Å². The molecule has 0 saturated carbocycles. The van der Waals surface area contributed by atoms with E-state index in [0.717, 1.165) is 41.0 Å². The van der Waals surface area contributed by atoms with Gasteiger partial charge in [0.1, 0.15) is 5.00 Å². The lowest BCUT2D eigenvalue weighted by Gasteiger charge is -2.11. The van der Waals surface area contributed by atoms with Gasteiger partial charge in [-0.1, -0.05) is 23.1 Å². The van der Waals surface area contributed by atoms with Crippen molar-refractivity contribution in [3.8, 4) is 0 Å². The Morgan fingerprint density at radius 2 is 2.09 bits per heavy atom. The SMILES string of the molecule is CCOC(=O)c1c(NC(=O)C(C)Sc2nnc(NC(=O)c3ccco3)s2)sc2c1CCC2. The van der Waals surface area contributed by atoms with E-state index in [1.54, 1.807) is 26.0 Å². The van der Waals surface area contributed by atoms with Gasteiger partial charge in [0.15, 0.2) is 10.1 Å². The first-order valence-corrected chi connectivity index (χ1v) is 12.4. The van der Waals surface area contributed by atoms with Crippen LogP contribution in [0.1, 0.15) is 51.6 Å². The van der Waals surface area contributed by atoms with Crippen molar-refractivity contribution >= 4 is 62.4 Å². The summed E-state index contributed by atoms with van der Waals surface area (Å²) in [5.41, 5.74) is 1.47. The molecule has 3 aromatic heterocycles. The number of nitrogens with one attached hydrogen (secondary N) is 2. The molecule has 0 spiro atoms. The van der Waals surface area contributed by atoms with E-state index in [4.69, 9.17) is 9.15 Å². The smallest absolute Gasteiger partial charge is 0.341 e. The van der Waals surface area contributed by atoms with Crippen molar-refractivity contribution in [1.82, 2.24) is 10.2 Å². The third-order valence-corrected chi connectivity index (χ3v) is 7.89. The van der Waals surface area contributed by atoms with Crippen LogP contribution in [0.3, 0.4) is 0 Å². The van der Waals surface area contributed by atoms with E-state index in [-0.39, 0.29) is 18.3 Å². The molecular formula is C20H20N4O5S3. The van der Waals surface area contributed by atoms with Crippen molar-refractivity contribution < 1.29 is 23.5 Å². The number of carbonyl (C=O) groups excluding carboxylic acids is 3. The van der Waals surface area contributed by atoms with Crippen LogP contribution in [0, 0.1) is 0 Å². The van der Waals surface area contributed by atoms with Crippen molar-refractivity contribution in [3.63, 3.8) is 0 Å². The van der Waals surface area contributed by atoms with Crippen LogP contribution in [0.25, 0.3) is 0 Å². The summed E-state index contributed by atoms with van der Waals surface area (Å²) < 4.78 is 10.8. The van der Waals surface area contributed by atoms with Crippen molar-refractivity contribution in [2.75, 3.05) is 17.2 Å². The number of ether oxygens (including phenoxy) is 1. The number of furan rings is 1. The normalized spacial score (nSPS) is 13.4. The zero-order chi connectivity index (χ0) is 22.7. The number of hydrogen-bond acceptors (Lipinski definition) is 10. The Morgan fingerprint density at radius 1 is 1.25 bits per heavy atom. The van der Waals surface area contributed by atoms with Gasteiger partial charge < -0.3 is 14.5 Å². The highest BCUT2D eigenvalue weighted by Gasteiger charge is 2.29. The molecule has 9 nitrogen and oxygen atoms in total. The van der Waals surface area contributed by atoms with Crippen LogP contribution in [0.2, 0.25) is 0 Å². The van der Waals surface area contributed by atoms with E-state index in [1.165, 1.54) is 29.4 Å². The molecule has 12 heteroatoms. The molecule has 0 saturated heterocycles. The van der Waals surface area contributed by atoms with Gasteiger partial charge in [-0.25, -0.2) is 4.79 Å². The van der Waals surface area contributed by atoms with Gasteiger partial charge in [0.05, 0.1) is 23.7 Å². The van der Waals surface area contributed by atoms with Crippen LogP contribution in [0.4, 0.5) is 10.1 Å². The van der Waals surface area contributed by atoms with Gasteiger partial charge in [-0.15, -0.1) is 21.5 Å². The first-order valence-electron chi connectivity index (χ1n) is 9.93. The highest BCUT2D eigenvalue weighted by Crippen LogP contribution is 2.40. The second-order valence-electron chi connectivity index (χ2n) is 6.84. The number of aromatic nitrogens is 2. The number of nitrogens with zero attached hydrogens (tertiary/aromatic N) is 2. The second kappa shape index (κ2) is 9.84. The standard InChI is InChI=1S/C20H20N4O5S3/c1-3-28-18(27)14-11-6-4-8-13(11)31-17(14)21-15(25)10(2)30-20-24-23-19(32-20)22-16(26)12-7-5-9-29-12/h5,7,9-10H,3-4,6,8H2,1-2H3,(H,21,25)(H,22,23,26). The molecule has 1 aliphatic rings. The average molecular weight is 493 g/mol. The lowest BCUT2D eigenvalue weighted by Crippen LogP contribution is -2.23. The van der Waals surface area contributed by atoms with Crippen molar-refractivity contribution in [2.45, 2.75) is 42.7 Å². The number of carbonyl (C=O) groups is 3. The van der Waals surface area contributed by atoms with E-state index in [1.807, 2.05) is 0 Å². The minimum atomic E-state index is -0.497. The summed E-state index contributed by atoms with van der Waals surface area (Å²) in [6.07, 6.45) is 4.14. The number of aryl methyl sites for hydroxylation is 1. The Bertz CT molecular complexity index is 1140. The van der Waals surface area contributed by atoms with E-state index in [2.05, 4.69) is 20.8 Å². The molecule has 1 aliphatic carbocycles. The Morgan fingerprint density at radius 3 is 2.84 bits per heavy atom. The number of esters is 1. The first-order chi connectivity index (χ1) is 15.5. The molecule has 0 radical (unpaired) electrons. The van der Waals surface area contributed by atoms with Gasteiger partial charge in [-0.3, -0.25) is 14.9 Å². The molecule has 3 heterocycles. The Balaban J connectivity index is 1.39. The summed E-state index contributed by atoms with van der Waals surface area (Å²) in [6, 6.07) is 3.16. The molecule has 168 valence electrons. The molecule has 0 aromatic carbocycles. The van der Waals surface area contributed by atoms with Gasteiger partial charge >= 0.3 is 5.97 Å². The number of anilines is 2. The zero-order valence-corrected chi connectivity index (χ0v) is 19.7. The van der Waals surface area contributed by atoms with Gasteiger partial charge in [0, 0.05) is 4.88 Å². The quantitative estimate of drug-likeness (QED) is 0.272. The van der Waals surface area contributed by atoms with Gasteiger partial charge in [0.2, 0.25) is 11.0 Å². The number of amides is 2. The maximum absolute atomic E-state index is 12.8. The zero-order valence-electron chi connectivity index (χ0n) is 17.3. The van der Waals surface area contributed by atoms with Crippen LogP contribution in [0.15, 0.2) is 27.2 Å². The third kappa shape index (κ3) is 4.87. The molecule has 2 amide bonds. The molecule has 1 unspecified atom stereocenters. The fourth-order valence-corrected chi connectivity index (χ4v) is 6.38. The highest BCUT2D eigenvalue weighted by atomic mass is 32.2. The van der Waals surface area contributed by atoms with Crippen molar-refractivity contribution in [2.24, 2.45) is 0 Å². The molecule has 0 fully saturated rings. The maximum atomic E-state index is 12.8. The second-order valence-corrected chi connectivity index (χ2v) is 10.5. The van der Waals surface area contributed by atoms with Crippen LogP contribution >= 0.6 is 34.4 Å². The van der Waals surface area contributed by atoms with Gasteiger partial charge in [0.25, 0.3) is 5.91 Å².